The molecule has 10 heteroatoms. The Morgan fingerprint density at radius 2 is 1.85 bits per heavy atom. The highest BCUT2D eigenvalue weighted by molar-refractivity contribution is 9.11. The largest absolute Gasteiger partial charge is 0.340 e. The summed E-state index contributed by atoms with van der Waals surface area (Å²) in [5.41, 5.74) is 1.82. The van der Waals surface area contributed by atoms with Gasteiger partial charge in [-0.15, -0.1) is 11.3 Å². The van der Waals surface area contributed by atoms with Gasteiger partial charge in [-0.25, -0.2) is 8.42 Å². The summed E-state index contributed by atoms with van der Waals surface area (Å²) in [6, 6.07) is 17.0. The molecule has 0 aliphatic carbocycles. The molecule has 2 aliphatic rings. The van der Waals surface area contributed by atoms with E-state index in [0.29, 0.717) is 23.4 Å². The van der Waals surface area contributed by atoms with Crippen LogP contribution in [0.4, 0.5) is 0 Å². The van der Waals surface area contributed by atoms with Gasteiger partial charge in [-0.3, -0.25) is 9.59 Å². The van der Waals surface area contributed by atoms with Gasteiger partial charge >= 0.3 is 0 Å². The molecule has 1 saturated heterocycles. The SMILES string of the molecule is O=C([C@@H](Cc1ccccc1)NS(=O)(=O)c1ccc(Br)s1)N1C[C@H]2C[C@@H](C1)c1cccc(=O)n1C2. The molecule has 7 nitrogen and oxygen atoms in total. The Bertz CT molecular complexity index is 1370. The minimum atomic E-state index is -3.87. The number of piperidine rings is 1. The van der Waals surface area contributed by atoms with Gasteiger partial charge in [-0.05, 0) is 58.5 Å². The van der Waals surface area contributed by atoms with E-state index in [2.05, 4.69) is 20.7 Å². The van der Waals surface area contributed by atoms with Crippen LogP contribution in [0.15, 0.2) is 73.5 Å². The number of benzene rings is 1. The number of halogens is 1. The molecule has 2 aliphatic heterocycles. The van der Waals surface area contributed by atoms with E-state index in [9.17, 15) is 18.0 Å². The van der Waals surface area contributed by atoms with Crippen molar-refractivity contribution >= 4 is 43.2 Å². The monoisotopic (exact) mass is 561 g/mol. The number of nitrogens with zero attached hydrogens (tertiary/aromatic N) is 2. The van der Waals surface area contributed by atoms with Crippen LogP contribution in [0.1, 0.15) is 23.6 Å². The van der Waals surface area contributed by atoms with Crippen molar-refractivity contribution in [1.82, 2.24) is 14.2 Å². The zero-order chi connectivity index (χ0) is 23.9. The summed E-state index contributed by atoms with van der Waals surface area (Å²) in [6.45, 7) is 1.55. The van der Waals surface area contributed by atoms with Crippen LogP contribution in [0.5, 0.6) is 0 Å². The first-order chi connectivity index (χ1) is 16.3. The first-order valence-corrected chi connectivity index (χ1v) is 14.2. The number of nitrogens with one attached hydrogen (secondary N) is 1. The van der Waals surface area contributed by atoms with E-state index >= 15 is 0 Å². The fourth-order valence-electron chi connectivity index (χ4n) is 5.01. The number of hydrogen-bond acceptors (Lipinski definition) is 5. The van der Waals surface area contributed by atoms with E-state index in [1.165, 1.54) is 6.07 Å². The number of hydrogen-bond donors (Lipinski definition) is 1. The first kappa shape index (κ1) is 23.5. The van der Waals surface area contributed by atoms with Crippen molar-refractivity contribution in [2.45, 2.75) is 35.6 Å². The molecule has 1 aromatic carbocycles. The summed E-state index contributed by atoms with van der Waals surface area (Å²) >= 11 is 4.42. The number of sulfonamides is 1. The smallest absolute Gasteiger partial charge is 0.250 e. The Morgan fingerprint density at radius 3 is 2.59 bits per heavy atom. The molecule has 3 aromatic rings. The lowest BCUT2D eigenvalue weighted by molar-refractivity contribution is -0.135. The first-order valence-electron chi connectivity index (χ1n) is 11.1. The van der Waals surface area contributed by atoms with Gasteiger partial charge in [-0.1, -0.05) is 36.4 Å². The molecule has 1 N–H and O–H groups in total. The summed E-state index contributed by atoms with van der Waals surface area (Å²) in [7, 11) is -3.87. The standard InChI is InChI=1S/C24H24BrN3O4S2/c25-21-9-10-23(33-21)34(31,32)26-19(12-16-5-2-1-3-6-16)24(30)27-13-17-11-18(15-27)20-7-4-8-22(29)28(20)14-17/h1-10,17-19,26H,11-15H2/t17-,18+,19-/m1/s1. The fraction of sp³-hybridized carbons (Fsp3) is 0.333. The number of rotatable bonds is 6. The summed E-state index contributed by atoms with van der Waals surface area (Å²) in [5.74, 6) is -0.00500. The predicted molar refractivity (Wildman–Crippen MR) is 134 cm³/mol. The maximum atomic E-state index is 13.8. The summed E-state index contributed by atoms with van der Waals surface area (Å²) < 4.78 is 31.6. The van der Waals surface area contributed by atoms with Crippen molar-refractivity contribution in [3.63, 3.8) is 0 Å². The molecule has 178 valence electrons. The summed E-state index contributed by atoms with van der Waals surface area (Å²) in [5, 5.41) is 0. The minimum absolute atomic E-state index is 0.0104. The van der Waals surface area contributed by atoms with E-state index in [0.717, 1.165) is 29.0 Å². The van der Waals surface area contributed by atoms with Crippen molar-refractivity contribution < 1.29 is 13.2 Å². The maximum Gasteiger partial charge on any atom is 0.250 e. The second-order valence-corrected chi connectivity index (χ2v) is 13.3. The predicted octanol–water partition coefficient (Wildman–Crippen LogP) is 3.21. The lowest BCUT2D eigenvalue weighted by Gasteiger charge is -2.43. The molecule has 34 heavy (non-hydrogen) atoms. The van der Waals surface area contributed by atoms with Crippen molar-refractivity contribution in [3.05, 3.63) is 86.1 Å². The second-order valence-electron chi connectivity index (χ2n) is 8.86. The van der Waals surface area contributed by atoms with Crippen molar-refractivity contribution in [1.29, 1.82) is 0 Å². The second kappa shape index (κ2) is 9.41. The molecule has 1 amide bonds. The maximum absolute atomic E-state index is 13.8. The zero-order valence-corrected chi connectivity index (χ0v) is 21.5. The average molecular weight is 563 g/mol. The molecule has 0 saturated carbocycles. The zero-order valence-electron chi connectivity index (χ0n) is 18.3. The van der Waals surface area contributed by atoms with Gasteiger partial charge in [0, 0.05) is 37.3 Å². The van der Waals surface area contributed by atoms with Crippen LogP contribution >= 0.6 is 27.3 Å². The molecule has 2 aromatic heterocycles. The molecule has 2 bridgehead atoms. The number of thiophene rings is 1. The Hall–Kier alpha value is -2.27. The summed E-state index contributed by atoms with van der Waals surface area (Å²) in [4.78, 5) is 27.8. The number of carbonyl (C=O) groups is 1. The topological polar surface area (TPSA) is 88.5 Å². The Labute approximate surface area is 210 Å². The third-order valence-electron chi connectivity index (χ3n) is 6.48. The van der Waals surface area contributed by atoms with Gasteiger partial charge in [0.2, 0.25) is 5.91 Å². The van der Waals surface area contributed by atoms with Crippen LogP contribution in [0.25, 0.3) is 0 Å². The molecule has 4 heterocycles. The quantitative estimate of drug-likeness (QED) is 0.500. The third-order valence-corrected chi connectivity index (χ3v) is 10.1. The van der Waals surface area contributed by atoms with Crippen molar-refractivity contribution in [2.24, 2.45) is 5.92 Å². The Balaban J connectivity index is 1.42. The highest BCUT2D eigenvalue weighted by Gasteiger charge is 2.39. The number of amides is 1. The van der Waals surface area contributed by atoms with E-state index in [1.54, 1.807) is 23.1 Å². The van der Waals surface area contributed by atoms with E-state index < -0.39 is 16.1 Å². The van der Waals surface area contributed by atoms with Crippen LogP contribution in [0.3, 0.4) is 0 Å². The van der Waals surface area contributed by atoms with Crippen molar-refractivity contribution in [2.75, 3.05) is 13.1 Å². The normalized spacial score (nSPS) is 20.6. The van der Waals surface area contributed by atoms with Crippen LogP contribution in [0, 0.1) is 5.92 Å². The molecule has 1 fully saturated rings. The lowest BCUT2D eigenvalue weighted by Crippen LogP contribution is -2.55. The fourth-order valence-corrected chi connectivity index (χ4v) is 8.23. The number of likely N-dealkylation sites (tertiary alicyclic amines) is 1. The van der Waals surface area contributed by atoms with Gasteiger partial charge in [-0.2, -0.15) is 4.72 Å². The molecule has 0 radical (unpaired) electrons. The van der Waals surface area contributed by atoms with Crippen LogP contribution < -0.4 is 10.3 Å². The number of aromatic nitrogens is 1. The van der Waals surface area contributed by atoms with Gasteiger partial charge < -0.3 is 9.47 Å². The molecule has 3 atom stereocenters. The van der Waals surface area contributed by atoms with Gasteiger partial charge in [0.15, 0.2) is 0 Å². The molecule has 5 rings (SSSR count). The molecule has 0 spiro atoms. The van der Waals surface area contributed by atoms with Gasteiger partial charge in [0.05, 0.1) is 3.79 Å². The van der Waals surface area contributed by atoms with Gasteiger partial charge in [0.1, 0.15) is 10.3 Å². The highest BCUT2D eigenvalue weighted by atomic mass is 79.9. The van der Waals surface area contributed by atoms with E-state index in [-0.39, 0.29) is 33.9 Å². The number of fused-ring (bicyclic) bond motifs is 4. The van der Waals surface area contributed by atoms with Gasteiger partial charge in [0.25, 0.3) is 15.6 Å². The van der Waals surface area contributed by atoms with Crippen LogP contribution in [-0.2, 0) is 27.8 Å². The Morgan fingerprint density at radius 1 is 1.06 bits per heavy atom. The van der Waals surface area contributed by atoms with Crippen molar-refractivity contribution in [3.8, 4) is 0 Å². The summed E-state index contributed by atoms with van der Waals surface area (Å²) in [6.07, 6.45) is 1.18. The van der Waals surface area contributed by atoms with Crippen LogP contribution in [-0.4, -0.2) is 42.9 Å². The number of carbonyl (C=O) groups excluding carboxylic acids is 1. The van der Waals surface area contributed by atoms with E-state index in [1.807, 2.05) is 41.0 Å². The Kier molecular flexibility index (Phi) is 6.49. The van der Waals surface area contributed by atoms with E-state index in [4.69, 9.17) is 0 Å². The molecular formula is C24H24BrN3O4S2. The number of pyridine rings is 1. The third kappa shape index (κ3) is 4.77. The lowest BCUT2D eigenvalue weighted by atomic mass is 9.83. The minimum Gasteiger partial charge on any atom is -0.340 e. The molecule has 0 unspecified atom stereocenters. The van der Waals surface area contributed by atoms with Crippen LogP contribution in [0.2, 0.25) is 0 Å². The highest BCUT2D eigenvalue weighted by Crippen LogP contribution is 2.35. The molecular weight excluding hydrogens is 538 g/mol. The average Bonchev–Trinajstić information content (AvgIpc) is 3.27.